The summed E-state index contributed by atoms with van der Waals surface area (Å²) in [6.45, 7) is 7.88. The summed E-state index contributed by atoms with van der Waals surface area (Å²) in [5.74, 6) is 1.62. The molecule has 19 heavy (non-hydrogen) atoms. The quantitative estimate of drug-likeness (QED) is 0.711. The number of rotatable bonds is 8. The van der Waals surface area contributed by atoms with Gasteiger partial charge in [0.25, 0.3) is 0 Å². The Morgan fingerprint density at radius 1 is 1.26 bits per heavy atom. The van der Waals surface area contributed by atoms with E-state index in [9.17, 15) is 4.79 Å². The Kier molecular flexibility index (Phi) is 6.84. The molecule has 3 nitrogen and oxygen atoms in total. The molecule has 1 fully saturated rings. The summed E-state index contributed by atoms with van der Waals surface area (Å²) in [5.41, 5.74) is 5.60. The van der Waals surface area contributed by atoms with E-state index in [1.54, 1.807) is 0 Å². The molecule has 1 saturated carbocycles. The minimum atomic E-state index is -0.328. The van der Waals surface area contributed by atoms with Gasteiger partial charge in [-0.3, -0.25) is 4.79 Å². The van der Waals surface area contributed by atoms with Gasteiger partial charge >= 0.3 is 0 Å². The third kappa shape index (κ3) is 4.20. The van der Waals surface area contributed by atoms with Crippen LogP contribution in [0.2, 0.25) is 0 Å². The fourth-order valence-corrected chi connectivity index (χ4v) is 3.54. The summed E-state index contributed by atoms with van der Waals surface area (Å²) < 4.78 is 0. The number of carbonyl (C=O) groups is 1. The van der Waals surface area contributed by atoms with Crippen molar-refractivity contribution in [3.8, 4) is 0 Å². The molecule has 2 atom stereocenters. The SMILES string of the molecule is CCCC(CN)(CCC)C(=O)NCC1CCCC1C. The van der Waals surface area contributed by atoms with Crippen molar-refractivity contribution in [1.29, 1.82) is 0 Å². The van der Waals surface area contributed by atoms with Crippen LogP contribution in [0.5, 0.6) is 0 Å². The molecular formula is C16H32N2O. The predicted molar refractivity (Wildman–Crippen MR) is 80.8 cm³/mol. The van der Waals surface area contributed by atoms with Crippen molar-refractivity contribution in [2.45, 2.75) is 65.7 Å². The first kappa shape index (κ1) is 16.5. The lowest BCUT2D eigenvalue weighted by atomic mass is 9.78. The second-order valence-corrected chi connectivity index (χ2v) is 6.36. The maximum absolute atomic E-state index is 12.5. The maximum Gasteiger partial charge on any atom is 0.227 e. The highest BCUT2D eigenvalue weighted by Crippen LogP contribution is 2.32. The molecule has 1 amide bonds. The largest absolute Gasteiger partial charge is 0.355 e. The fourth-order valence-electron chi connectivity index (χ4n) is 3.54. The lowest BCUT2D eigenvalue weighted by molar-refractivity contribution is -0.131. The highest BCUT2D eigenvalue weighted by atomic mass is 16.2. The summed E-state index contributed by atoms with van der Waals surface area (Å²) >= 11 is 0. The topological polar surface area (TPSA) is 55.1 Å². The molecular weight excluding hydrogens is 236 g/mol. The van der Waals surface area contributed by atoms with E-state index in [1.165, 1.54) is 19.3 Å². The lowest BCUT2D eigenvalue weighted by Crippen LogP contribution is -2.47. The zero-order valence-electron chi connectivity index (χ0n) is 13.0. The Bertz CT molecular complexity index is 272. The third-order valence-electron chi connectivity index (χ3n) is 4.89. The third-order valence-corrected chi connectivity index (χ3v) is 4.89. The smallest absolute Gasteiger partial charge is 0.227 e. The molecule has 0 aromatic carbocycles. The molecule has 0 aromatic heterocycles. The van der Waals surface area contributed by atoms with E-state index in [1.807, 2.05) is 0 Å². The number of amides is 1. The number of hydrogen-bond acceptors (Lipinski definition) is 2. The number of hydrogen-bond donors (Lipinski definition) is 2. The highest BCUT2D eigenvalue weighted by molar-refractivity contribution is 5.82. The minimum absolute atomic E-state index is 0.192. The minimum Gasteiger partial charge on any atom is -0.355 e. The van der Waals surface area contributed by atoms with E-state index < -0.39 is 0 Å². The summed E-state index contributed by atoms with van der Waals surface area (Å²) in [5, 5.41) is 3.20. The van der Waals surface area contributed by atoms with Crippen molar-refractivity contribution in [1.82, 2.24) is 5.32 Å². The first-order valence-corrected chi connectivity index (χ1v) is 8.08. The molecule has 0 radical (unpaired) electrons. The monoisotopic (exact) mass is 268 g/mol. The molecule has 112 valence electrons. The zero-order valence-corrected chi connectivity index (χ0v) is 13.0. The van der Waals surface area contributed by atoms with Gasteiger partial charge in [0, 0.05) is 13.1 Å². The Labute approximate surface area is 118 Å². The summed E-state index contributed by atoms with van der Waals surface area (Å²) in [7, 11) is 0. The molecule has 0 aliphatic heterocycles. The molecule has 2 unspecified atom stereocenters. The van der Waals surface area contributed by atoms with Crippen LogP contribution in [0.4, 0.5) is 0 Å². The average Bonchev–Trinajstić information content (AvgIpc) is 2.81. The van der Waals surface area contributed by atoms with Crippen molar-refractivity contribution in [2.24, 2.45) is 23.0 Å². The predicted octanol–water partition coefficient (Wildman–Crippen LogP) is 3.08. The number of carbonyl (C=O) groups excluding carboxylic acids is 1. The molecule has 1 rings (SSSR count). The van der Waals surface area contributed by atoms with Gasteiger partial charge in [0.05, 0.1) is 5.41 Å². The van der Waals surface area contributed by atoms with Crippen molar-refractivity contribution < 1.29 is 4.79 Å². The van der Waals surface area contributed by atoms with E-state index >= 15 is 0 Å². The number of nitrogens with two attached hydrogens (primary N) is 1. The fraction of sp³-hybridized carbons (Fsp3) is 0.938. The molecule has 3 heteroatoms. The van der Waals surface area contributed by atoms with E-state index in [-0.39, 0.29) is 11.3 Å². The van der Waals surface area contributed by atoms with Gasteiger partial charge in [0.1, 0.15) is 0 Å². The van der Waals surface area contributed by atoms with Crippen LogP contribution in [-0.2, 0) is 4.79 Å². The van der Waals surface area contributed by atoms with Crippen LogP contribution in [0.25, 0.3) is 0 Å². The highest BCUT2D eigenvalue weighted by Gasteiger charge is 2.35. The van der Waals surface area contributed by atoms with E-state index in [0.717, 1.165) is 38.1 Å². The Balaban J connectivity index is 2.55. The first-order valence-electron chi connectivity index (χ1n) is 8.08. The molecule has 0 aromatic rings. The van der Waals surface area contributed by atoms with Crippen LogP contribution in [0.3, 0.4) is 0 Å². The maximum atomic E-state index is 12.5. The molecule has 1 aliphatic rings. The molecule has 0 saturated heterocycles. The molecule has 0 spiro atoms. The van der Waals surface area contributed by atoms with E-state index in [4.69, 9.17) is 5.73 Å². The Morgan fingerprint density at radius 2 is 1.89 bits per heavy atom. The van der Waals surface area contributed by atoms with Crippen LogP contribution in [0.1, 0.15) is 65.7 Å². The van der Waals surface area contributed by atoms with Crippen molar-refractivity contribution in [2.75, 3.05) is 13.1 Å². The van der Waals surface area contributed by atoms with Crippen molar-refractivity contribution in [3.63, 3.8) is 0 Å². The van der Waals surface area contributed by atoms with Gasteiger partial charge in [0.15, 0.2) is 0 Å². The number of nitrogens with one attached hydrogen (secondary N) is 1. The standard InChI is InChI=1S/C16H32N2O/c1-4-9-16(12-17,10-5-2)15(19)18-11-14-8-6-7-13(14)3/h13-14H,4-12,17H2,1-3H3,(H,18,19). The van der Waals surface area contributed by atoms with Gasteiger partial charge in [-0.15, -0.1) is 0 Å². The van der Waals surface area contributed by atoms with Gasteiger partial charge in [-0.25, -0.2) is 0 Å². The average molecular weight is 268 g/mol. The van der Waals surface area contributed by atoms with Gasteiger partial charge in [-0.05, 0) is 31.1 Å². The first-order chi connectivity index (χ1) is 9.09. The Hall–Kier alpha value is -0.570. The summed E-state index contributed by atoms with van der Waals surface area (Å²) in [6.07, 6.45) is 7.74. The van der Waals surface area contributed by atoms with Gasteiger partial charge in [-0.2, -0.15) is 0 Å². The van der Waals surface area contributed by atoms with Crippen LogP contribution >= 0.6 is 0 Å². The van der Waals surface area contributed by atoms with Crippen LogP contribution < -0.4 is 11.1 Å². The van der Waals surface area contributed by atoms with Crippen LogP contribution in [0, 0.1) is 17.3 Å². The Morgan fingerprint density at radius 3 is 2.32 bits per heavy atom. The summed E-state index contributed by atoms with van der Waals surface area (Å²) in [4.78, 5) is 12.5. The molecule has 3 N–H and O–H groups in total. The zero-order chi connectivity index (χ0) is 14.3. The van der Waals surface area contributed by atoms with Gasteiger partial charge in [0.2, 0.25) is 5.91 Å². The van der Waals surface area contributed by atoms with Gasteiger partial charge in [-0.1, -0.05) is 46.5 Å². The van der Waals surface area contributed by atoms with E-state index in [0.29, 0.717) is 12.5 Å². The molecule has 0 heterocycles. The van der Waals surface area contributed by atoms with Gasteiger partial charge < -0.3 is 11.1 Å². The summed E-state index contributed by atoms with van der Waals surface area (Å²) in [6, 6.07) is 0. The van der Waals surface area contributed by atoms with E-state index in [2.05, 4.69) is 26.1 Å². The second kappa shape index (κ2) is 7.88. The normalized spacial score (nSPS) is 23.6. The van der Waals surface area contributed by atoms with Crippen molar-refractivity contribution in [3.05, 3.63) is 0 Å². The van der Waals surface area contributed by atoms with Crippen molar-refractivity contribution >= 4 is 5.91 Å². The van der Waals surface area contributed by atoms with Crippen LogP contribution in [0.15, 0.2) is 0 Å². The van der Waals surface area contributed by atoms with Crippen LogP contribution in [-0.4, -0.2) is 19.0 Å². The molecule has 0 bridgehead atoms. The molecule has 1 aliphatic carbocycles. The lowest BCUT2D eigenvalue weighted by Gasteiger charge is -2.31. The second-order valence-electron chi connectivity index (χ2n) is 6.36.